The predicted octanol–water partition coefficient (Wildman–Crippen LogP) is 2.71. The summed E-state index contributed by atoms with van der Waals surface area (Å²) in [6.07, 6.45) is 6.73. The highest BCUT2D eigenvalue weighted by molar-refractivity contribution is 5.45. The average Bonchev–Trinajstić information content (AvgIpc) is 2.32. The fourth-order valence-electron chi connectivity index (χ4n) is 2.88. The Morgan fingerprint density at radius 1 is 1.59 bits per heavy atom. The lowest BCUT2D eigenvalue weighted by Crippen LogP contribution is -2.49. The third-order valence-corrected chi connectivity index (χ3v) is 3.88. The van der Waals surface area contributed by atoms with Crippen molar-refractivity contribution < 1.29 is 0 Å². The number of aryl methyl sites for hydroxylation is 1. The van der Waals surface area contributed by atoms with E-state index >= 15 is 0 Å². The molecule has 3 heteroatoms. The SMILES string of the molecule is Cc1cccnc1NC1(CN)CCCC(C)C1. The Bertz CT molecular complexity index is 377. The Kier molecular flexibility index (Phi) is 3.67. The third kappa shape index (κ3) is 2.78. The topological polar surface area (TPSA) is 50.9 Å². The van der Waals surface area contributed by atoms with Gasteiger partial charge < -0.3 is 11.1 Å². The molecule has 1 saturated carbocycles. The number of nitrogens with two attached hydrogens (primary N) is 1. The van der Waals surface area contributed by atoms with Gasteiger partial charge in [-0.3, -0.25) is 0 Å². The van der Waals surface area contributed by atoms with Crippen LogP contribution >= 0.6 is 0 Å². The maximum Gasteiger partial charge on any atom is 0.129 e. The smallest absolute Gasteiger partial charge is 0.129 e. The molecule has 0 aromatic carbocycles. The van der Waals surface area contributed by atoms with Crippen LogP contribution in [0.1, 0.15) is 38.2 Å². The molecule has 2 atom stereocenters. The van der Waals surface area contributed by atoms with E-state index in [1.54, 1.807) is 0 Å². The highest BCUT2D eigenvalue weighted by Gasteiger charge is 2.34. The molecule has 0 spiro atoms. The van der Waals surface area contributed by atoms with Gasteiger partial charge in [0.25, 0.3) is 0 Å². The highest BCUT2D eigenvalue weighted by Crippen LogP contribution is 2.34. The average molecular weight is 233 g/mol. The number of nitrogens with zero attached hydrogens (tertiary/aromatic N) is 1. The van der Waals surface area contributed by atoms with Crippen LogP contribution in [0.5, 0.6) is 0 Å². The minimum Gasteiger partial charge on any atom is -0.363 e. The standard InChI is InChI=1S/C14H23N3/c1-11-5-3-7-14(9-11,10-15)17-13-12(2)6-4-8-16-13/h4,6,8,11H,3,5,7,9-10,15H2,1-2H3,(H,16,17). The molecule has 0 saturated heterocycles. The van der Waals surface area contributed by atoms with Gasteiger partial charge in [0.15, 0.2) is 0 Å². The Morgan fingerprint density at radius 3 is 3.06 bits per heavy atom. The predicted molar refractivity (Wildman–Crippen MR) is 72.0 cm³/mol. The quantitative estimate of drug-likeness (QED) is 0.844. The van der Waals surface area contributed by atoms with Crippen LogP contribution in [0.2, 0.25) is 0 Å². The van der Waals surface area contributed by atoms with Crippen molar-refractivity contribution in [1.82, 2.24) is 4.98 Å². The van der Waals surface area contributed by atoms with E-state index in [1.165, 1.54) is 18.4 Å². The molecule has 1 fully saturated rings. The van der Waals surface area contributed by atoms with E-state index in [1.807, 2.05) is 12.3 Å². The van der Waals surface area contributed by atoms with Gasteiger partial charge in [-0.05, 0) is 37.3 Å². The summed E-state index contributed by atoms with van der Waals surface area (Å²) in [5, 5.41) is 3.61. The van der Waals surface area contributed by atoms with Crippen molar-refractivity contribution in [3.63, 3.8) is 0 Å². The van der Waals surface area contributed by atoms with Crippen molar-refractivity contribution >= 4 is 5.82 Å². The van der Waals surface area contributed by atoms with E-state index in [0.29, 0.717) is 6.54 Å². The second-order valence-electron chi connectivity index (χ2n) is 5.48. The van der Waals surface area contributed by atoms with Crippen LogP contribution in [0.15, 0.2) is 18.3 Å². The Balaban J connectivity index is 2.17. The molecule has 1 aliphatic rings. The van der Waals surface area contributed by atoms with Gasteiger partial charge in [0.05, 0.1) is 5.54 Å². The first-order chi connectivity index (χ1) is 8.15. The molecular formula is C14H23N3. The lowest BCUT2D eigenvalue weighted by molar-refractivity contribution is 0.263. The molecule has 1 aliphatic carbocycles. The summed E-state index contributed by atoms with van der Waals surface area (Å²) < 4.78 is 0. The highest BCUT2D eigenvalue weighted by atomic mass is 15.1. The normalized spacial score (nSPS) is 29.0. The molecular weight excluding hydrogens is 210 g/mol. The minimum atomic E-state index is 0.0524. The van der Waals surface area contributed by atoms with Gasteiger partial charge in [-0.25, -0.2) is 4.98 Å². The van der Waals surface area contributed by atoms with Crippen molar-refractivity contribution in [3.8, 4) is 0 Å². The number of hydrogen-bond acceptors (Lipinski definition) is 3. The third-order valence-electron chi connectivity index (χ3n) is 3.88. The largest absolute Gasteiger partial charge is 0.363 e. The number of pyridine rings is 1. The van der Waals surface area contributed by atoms with E-state index in [4.69, 9.17) is 5.73 Å². The molecule has 17 heavy (non-hydrogen) atoms. The number of hydrogen-bond donors (Lipinski definition) is 2. The van der Waals surface area contributed by atoms with Gasteiger partial charge in [0.1, 0.15) is 5.82 Å². The van der Waals surface area contributed by atoms with Crippen molar-refractivity contribution in [2.24, 2.45) is 11.7 Å². The molecule has 1 aromatic heterocycles. The molecule has 0 radical (unpaired) electrons. The van der Waals surface area contributed by atoms with Gasteiger partial charge >= 0.3 is 0 Å². The van der Waals surface area contributed by atoms with Crippen molar-refractivity contribution in [2.45, 2.75) is 45.1 Å². The fraction of sp³-hybridized carbons (Fsp3) is 0.643. The van der Waals surface area contributed by atoms with Crippen LogP contribution in [-0.4, -0.2) is 17.1 Å². The summed E-state index contributed by atoms with van der Waals surface area (Å²) in [7, 11) is 0. The van der Waals surface area contributed by atoms with Gasteiger partial charge in [0.2, 0.25) is 0 Å². The molecule has 94 valence electrons. The van der Waals surface area contributed by atoms with Crippen LogP contribution in [0.4, 0.5) is 5.82 Å². The molecule has 1 aromatic rings. The van der Waals surface area contributed by atoms with E-state index in [-0.39, 0.29) is 5.54 Å². The summed E-state index contributed by atoms with van der Waals surface area (Å²) >= 11 is 0. The molecule has 0 aliphatic heterocycles. The number of anilines is 1. The maximum absolute atomic E-state index is 6.01. The van der Waals surface area contributed by atoms with E-state index in [9.17, 15) is 0 Å². The molecule has 1 heterocycles. The summed E-state index contributed by atoms with van der Waals surface area (Å²) in [6.45, 7) is 5.09. The van der Waals surface area contributed by atoms with Gasteiger partial charge in [-0.2, -0.15) is 0 Å². The van der Waals surface area contributed by atoms with Crippen LogP contribution in [0.25, 0.3) is 0 Å². The fourth-order valence-corrected chi connectivity index (χ4v) is 2.88. The van der Waals surface area contributed by atoms with Gasteiger partial charge in [-0.15, -0.1) is 0 Å². The van der Waals surface area contributed by atoms with Crippen LogP contribution in [-0.2, 0) is 0 Å². The monoisotopic (exact) mass is 233 g/mol. The summed E-state index contributed by atoms with van der Waals surface area (Å²) in [5.74, 6) is 1.75. The lowest BCUT2D eigenvalue weighted by Gasteiger charge is -2.40. The summed E-state index contributed by atoms with van der Waals surface area (Å²) in [6, 6.07) is 4.06. The van der Waals surface area contributed by atoms with E-state index in [2.05, 4.69) is 30.2 Å². The van der Waals surface area contributed by atoms with E-state index < -0.39 is 0 Å². The Labute approximate surface area is 104 Å². The molecule has 0 bridgehead atoms. The van der Waals surface area contributed by atoms with Crippen molar-refractivity contribution in [1.29, 1.82) is 0 Å². The molecule has 0 amide bonds. The zero-order chi connectivity index (χ0) is 12.3. The van der Waals surface area contributed by atoms with Crippen LogP contribution in [0, 0.1) is 12.8 Å². The van der Waals surface area contributed by atoms with Crippen molar-refractivity contribution in [3.05, 3.63) is 23.9 Å². The zero-order valence-electron chi connectivity index (χ0n) is 10.9. The lowest BCUT2D eigenvalue weighted by atomic mass is 9.76. The maximum atomic E-state index is 6.01. The minimum absolute atomic E-state index is 0.0524. The second kappa shape index (κ2) is 5.05. The molecule has 3 N–H and O–H groups in total. The molecule has 3 nitrogen and oxygen atoms in total. The van der Waals surface area contributed by atoms with Crippen molar-refractivity contribution in [2.75, 3.05) is 11.9 Å². The van der Waals surface area contributed by atoms with Gasteiger partial charge in [-0.1, -0.05) is 25.8 Å². The zero-order valence-corrected chi connectivity index (χ0v) is 10.9. The number of nitrogens with one attached hydrogen (secondary N) is 1. The first-order valence-corrected chi connectivity index (χ1v) is 6.55. The number of rotatable bonds is 3. The summed E-state index contributed by atoms with van der Waals surface area (Å²) in [4.78, 5) is 4.42. The molecule has 2 unspecified atom stereocenters. The van der Waals surface area contributed by atoms with Gasteiger partial charge in [0, 0.05) is 12.7 Å². The van der Waals surface area contributed by atoms with Crippen LogP contribution in [0.3, 0.4) is 0 Å². The molecule has 2 rings (SSSR count). The van der Waals surface area contributed by atoms with Crippen LogP contribution < -0.4 is 11.1 Å². The first-order valence-electron chi connectivity index (χ1n) is 6.55. The summed E-state index contributed by atoms with van der Waals surface area (Å²) in [5.41, 5.74) is 7.25. The first kappa shape index (κ1) is 12.4. The Hall–Kier alpha value is -1.09. The second-order valence-corrected chi connectivity index (χ2v) is 5.48. The van der Waals surface area contributed by atoms with E-state index in [0.717, 1.165) is 24.6 Å². The number of aromatic nitrogens is 1. The Morgan fingerprint density at radius 2 is 2.41 bits per heavy atom.